The molecule has 6 heteroatoms. The van der Waals surface area contributed by atoms with E-state index in [1.54, 1.807) is 14.2 Å². The summed E-state index contributed by atoms with van der Waals surface area (Å²) in [6, 6.07) is 14.6. The van der Waals surface area contributed by atoms with E-state index in [4.69, 9.17) is 9.47 Å². The summed E-state index contributed by atoms with van der Waals surface area (Å²) < 4.78 is 10.4. The first-order valence-electron chi connectivity index (χ1n) is 12.7. The van der Waals surface area contributed by atoms with Crippen molar-refractivity contribution in [2.24, 2.45) is 0 Å². The number of rotatable bonds is 15. The van der Waals surface area contributed by atoms with E-state index >= 15 is 0 Å². The fourth-order valence-corrected chi connectivity index (χ4v) is 4.15. The number of carbonyl (C=O) groups is 2. The Bertz CT molecular complexity index is 900. The van der Waals surface area contributed by atoms with Gasteiger partial charge in [-0.3, -0.25) is 19.4 Å². The highest BCUT2D eigenvalue weighted by atomic mass is 16.5. The highest BCUT2D eigenvalue weighted by Gasteiger charge is 2.33. The number of benzene rings is 2. The smallest absolute Gasteiger partial charge is 0.182 e. The zero-order valence-electron chi connectivity index (χ0n) is 23.4. The number of ether oxygens (including phenoxy) is 2. The van der Waals surface area contributed by atoms with Gasteiger partial charge in [0.1, 0.15) is 11.5 Å². The lowest BCUT2D eigenvalue weighted by Crippen LogP contribution is -2.48. The van der Waals surface area contributed by atoms with Crippen LogP contribution in [0.3, 0.4) is 0 Å². The van der Waals surface area contributed by atoms with Crippen LogP contribution in [0.1, 0.15) is 74.1 Å². The number of carbonyl (C=O) groups excluding carboxylic acids is 2. The van der Waals surface area contributed by atoms with Crippen molar-refractivity contribution in [2.75, 3.05) is 41.4 Å². The second-order valence-electron chi connectivity index (χ2n) is 10.5. The molecule has 0 spiro atoms. The number of nitrogens with zero attached hydrogens (tertiary/aromatic N) is 2. The molecular formula is C30H44N2O4. The molecule has 0 N–H and O–H groups in total. The summed E-state index contributed by atoms with van der Waals surface area (Å²) in [7, 11) is 7.27. The highest BCUT2D eigenvalue weighted by Crippen LogP contribution is 2.23. The van der Waals surface area contributed by atoms with Gasteiger partial charge in [0.05, 0.1) is 25.3 Å². The first kappa shape index (κ1) is 29.5. The third kappa shape index (κ3) is 7.40. The molecule has 0 bridgehead atoms. The first-order valence-corrected chi connectivity index (χ1v) is 12.7. The Hall–Kier alpha value is -2.70. The van der Waals surface area contributed by atoms with E-state index in [1.165, 1.54) is 0 Å². The molecule has 6 nitrogen and oxygen atoms in total. The van der Waals surface area contributed by atoms with Crippen molar-refractivity contribution >= 4 is 11.6 Å². The first-order chi connectivity index (χ1) is 16.9. The minimum atomic E-state index is -0.583. The van der Waals surface area contributed by atoms with Crippen LogP contribution in [-0.2, 0) is 0 Å². The molecule has 0 atom stereocenters. The predicted octanol–water partition coefficient (Wildman–Crippen LogP) is 5.75. The van der Waals surface area contributed by atoms with E-state index in [9.17, 15) is 9.59 Å². The SMILES string of the molecule is COc1ccc(C(=O)C(C)(C)N(C)CCCCCCN(C)C(C)(C)C(=O)c2ccc(OC)cc2)cc1. The van der Waals surface area contributed by atoms with Gasteiger partial charge in [0.25, 0.3) is 0 Å². The van der Waals surface area contributed by atoms with Crippen LogP contribution in [0, 0.1) is 0 Å². The maximum atomic E-state index is 13.1. The summed E-state index contributed by atoms with van der Waals surface area (Å²) in [5.41, 5.74) is 0.228. The molecule has 0 aliphatic heterocycles. The van der Waals surface area contributed by atoms with E-state index < -0.39 is 11.1 Å². The Morgan fingerprint density at radius 2 is 0.917 bits per heavy atom. The average molecular weight is 497 g/mol. The molecule has 198 valence electrons. The zero-order chi connectivity index (χ0) is 26.9. The number of ketones is 2. The molecule has 2 aromatic carbocycles. The summed E-state index contributed by atoms with van der Waals surface area (Å²) in [4.78, 5) is 30.4. The van der Waals surface area contributed by atoms with E-state index in [1.807, 2.05) is 90.3 Å². The van der Waals surface area contributed by atoms with Crippen molar-refractivity contribution in [1.29, 1.82) is 0 Å². The number of hydrogen-bond donors (Lipinski definition) is 0. The Labute approximate surface area is 217 Å². The largest absolute Gasteiger partial charge is 0.497 e. The summed E-state index contributed by atoms with van der Waals surface area (Å²) in [6.45, 7) is 9.64. The molecule has 2 rings (SSSR count). The molecule has 0 saturated carbocycles. The molecule has 0 aliphatic carbocycles. The standard InChI is InChI=1S/C30H44N2O4/c1-29(2,27(33)23-13-17-25(35-7)18-14-23)31(5)21-11-9-10-12-22-32(6)30(3,4)28(34)24-15-19-26(36-8)20-16-24/h13-20H,9-12,21-22H2,1-8H3. The Balaban J connectivity index is 1.76. The van der Waals surface area contributed by atoms with Crippen molar-refractivity contribution in [3.8, 4) is 11.5 Å². The molecular weight excluding hydrogens is 452 g/mol. The van der Waals surface area contributed by atoms with Crippen molar-refractivity contribution in [3.63, 3.8) is 0 Å². The van der Waals surface area contributed by atoms with Crippen molar-refractivity contribution in [3.05, 3.63) is 59.7 Å². The minimum Gasteiger partial charge on any atom is -0.497 e. The Kier molecular flexibility index (Phi) is 10.7. The van der Waals surface area contributed by atoms with Crippen LogP contribution >= 0.6 is 0 Å². The lowest BCUT2D eigenvalue weighted by atomic mass is 9.91. The monoisotopic (exact) mass is 496 g/mol. The molecule has 0 radical (unpaired) electrons. The molecule has 0 saturated heterocycles. The fourth-order valence-electron chi connectivity index (χ4n) is 4.15. The van der Waals surface area contributed by atoms with Crippen LogP contribution in [0.15, 0.2) is 48.5 Å². The van der Waals surface area contributed by atoms with Crippen molar-refractivity contribution < 1.29 is 19.1 Å². The summed E-state index contributed by atoms with van der Waals surface area (Å²) >= 11 is 0. The van der Waals surface area contributed by atoms with E-state index in [2.05, 4.69) is 9.80 Å². The maximum Gasteiger partial charge on any atom is 0.182 e. The highest BCUT2D eigenvalue weighted by molar-refractivity contribution is 6.03. The number of Topliss-reactive ketones (excluding diaryl/α,β-unsaturated/α-hetero) is 2. The van der Waals surface area contributed by atoms with Crippen molar-refractivity contribution in [2.45, 2.75) is 64.5 Å². The van der Waals surface area contributed by atoms with Crippen LogP contribution < -0.4 is 9.47 Å². The third-order valence-electron chi connectivity index (χ3n) is 7.46. The number of methoxy groups -OCH3 is 2. The Morgan fingerprint density at radius 3 is 1.19 bits per heavy atom. The molecule has 0 unspecified atom stereocenters. The normalized spacial score (nSPS) is 12.2. The van der Waals surface area contributed by atoms with E-state index in [-0.39, 0.29) is 11.6 Å². The van der Waals surface area contributed by atoms with Gasteiger partial charge in [0.2, 0.25) is 0 Å². The molecule has 0 aromatic heterocycles. The van der Waals surface area contributed by atoms with Gasteiger partial charge in [0.15, 0.2) is 11.6 Å². The number of hydrogen-bond acceptors (Lipinski definition) is 6. The summed E-state index contributed by atoms with van der Waals surface area (Å²) in [6.07, 6.45) is 4.21. The van der Waals surface area contributed by atoms with Gasteiger partial charge in [-0.05, 0) is 116 Å². The zero-order valence-corrected chi connectivity index (χ0v) is 23.4. The van der Waals surface area contributed by atoms with Gasteiger partial charge in [-0.25, -0.2) is 0 Å². The molecule has 0 amide bonds. The maximum absolute atomic E-state index is 13.1. The van der Waals surface area contributed by atoms with Gasteiger partial charge in [-0.15, -0.1) is 0 Å². The van der Waals surface area contributed by atoms with Gasteiger partial charge >= 0.3 is 0 Å². The lowest BCUT2D eigenvalue weighted by Gasteiger charge is -2.35. The second kappa shape index (κ2) is 13.0. The van der Waals surface area contributed by atoms with Gasteiger partial charge in [-0.2, -0.15) is 0 Å². The van der Waals surface area contributed by atoms with E-state index in [0.717, 1.165) is 50.3 Å². The third-order valence-corrected chi connectivity index (χ3v) is 7.46. The fraction of sp³-hybridized carbons (Fsp3) is 0.533. The number of likely N-dealkylation sites (N-methyl/N-ethyl adjacent to an activating group) is 2. The second-order valence-corrected chi connectivity index (χ2v) is 10.5. The van der Waals surface area contributed by atoms with Gasteiger partial charge in [-0.1, -0.05) is 12.8 Å². The predicted molar refractivity (Wildman–Crippen MR) is 147 cm³/mol. The van der Waals surface area contributed by atoms with Crippen LogP contribution in [-0.4, -0.2) is 73.8 Å². The van der Waals surface area contributed by atoms with Crippen LogP contribution in [0.25, 0.3) is 0 Å². The van der Waals surface area contributed by atoms with Gasteiger partial charge < -0.3 is 9.47 Å². The van der Waals surface area contributed by atoms with Crippen LogP contribution in [0.4, 0.5) is 0 Å². The quantitative estimate of drug-likeness (QED) is 0.231. The Morgan fingerprint density at radius 1 is 0.611 bits per heavy atom. The van der Waals surface area contributed by atoms with Crippen molar-refractivity contribution in [1.82, 2.24) is 9.80 Å². The molecule has 0 heterocycles. The van der Waals surface area contributed by atoms with Gasteiger partial charge in [0, 0.05) is 11.1 Å². The molecule has 36 heavy (non-hydrogen) atoms. The number of unbranched alkanes of at least 4 members (excludes halogenated alkanes) is 3. The minimum absolute atomic E-state index is 0.109. The summed E-state index contributed by atoms with van der Waals surface area (Å²) in [5, 5.41) is 0. The topological polar surface area (TPSA) is 59.1 Å². The van der Waals surface area contributed by atoms with Crippen LogP contribution in [0.5, 0.6) is 11.5 Å². The molecule has 0 aliphatic rings. The average Bonchev–Trinajstić information content (AvgIpc) is 2.89. The molecule has 2 aromatic rings. The van der Waals surface area contributed by atoms with Crippen LogP contribution in [0.2, 0.25) is 0 Å². The van der Waals surface area contributed by atoms with E-state index in [0.29, 0.717) is 11.1 Å². The lowest BCUT2D eigenvalue weighted by molar-refractivity contribution is 0.0690. The summed E-state index contributed by atoms with van der Waals surface area (Å²) in [5.74, 6) is 1.71. The molecule has 0 fully saturated rings.